The highest BCUT2D eigenvalue weighted by molar-refractivity contribution is 5.87. The Hall–Kier alpha value is -2.96. The van der Waals surface area contributed by atoms with Crippen molar-refractivity contribution in [3.05, 3.63) is 71.8 Å². The number of rotatable bonds is 5. The number of nitrogens with zero attached hydrogens (tertiary/aromatic N) is 4. The van der Waals surface area contributed by atoms with Crippen LogP contribution in [0.2, 0.25) is 0 Å². The summed E-state index contributed by atoms with van der Waals surface area (Å²) < 4.78 is 13.7. The summed E-state index contributed by atoms with van der Waals surface area (Å²) in [5, 5.41) is 1.14. The second-order valence-electron chi connectivity index (χ2n) is 7.45. The van der Waals surface area contributed by atoms with Gasteiger partial charge in [-0.2, -0.15) is 0 Å². The van der Waals surface area contributed by atoms with E-state index in [0.717, 1.165) is 66.4 Å². The Bertz CT molecular complexity index is 1150. The molecule has 0 aliphatic carbocycles. The molecule has 1 saturated heterocycles. The van der Waals surface area contributed by atoms with Gasteiger partial charge in [0.2, 0.25) is 0 Å². The molecular formula is C23H24N4O2. The Labute approximate surface area is 169 Å². The van der Waals surface area contributed by atoms with Crippen molar-refractivity contribution in [2.45, 2.75) is 20.1 Å². The van der Waals surface area contributed by atoms with Crippen LogP contribution in [0.5, 0.6) is 5.75 Å². The first kappa shape index (κ1) is 18.1. The first-order chi connectivity index (χ1) is 14.3. The third-order valence-corrected chi connectivity index (χ3v) is 5.42. The third-order valence-electron chi connectivity index (χ3n) is 5.42. The van der Waals surface area contributed by atoms with Crippen LogP contribution in [0.3, 0.4) is 0 Å². The van der Waals surface area contributed by atoms with Gasteiger partial charge in [-0.15, -0.1) is 0 Å². The predicted octanol–water partition coefficient (Wildman–Crippen LogP) is 3.60. The smallest absolute Gasteiger partial charge is 0.146 e. The fourth-order valence-corrected chi connectivity index (χ4v) is 3.89. The number of imidazole rings is 1. The highest BCUT2D eigenvalue weighted by atomic mass is 16.5. The van der Waals surface area contributed by atoms with Crippen molar-refractivity contribution in [2.75, 3.05) is 26.3 Å². The zero-order valence-corrected chi connectivity index (χ0v) is 16.5. The number of hydrogen-bond donors (Lipinski definition) is 0. The molecule has 0 N–H and O–H groups in total. The van der Waals surface area contributed by atoms with E-state index in [4.69, 9.17) is 14.5 Å². The topological polar surface area (TPSA) is 51.9 Å². The van der Waals surface area contributed by atoms with E-state index in [9.17, 15) is 0 Å². The minimum Gasteiger partial charge on any atom is -0.485 e. The molecule has 3 aromatic heterocycles. The molecule has 0 amide bonds. The fraction of sp³-hybridized carbons (Fsp3) is 0.304. The van der Waals surface area contributed by atoms with Crippen LogP contribution in [-0.4, -0.2) is 45.6 Å². The monoisotopic (exact) mass is 388 g/mol. The lowest BCUT2D eigenvalue weighted by Gasteiger charge is -2.27. The highest BCUT2D eigenvalue weighted by Gasteiger charge is 2.15. The molecule has 148 valence electrons. The lowest BCUT2D eigenvalue weighted by molar-refractivity contribution is 0.0343. The van der Waals surface area contributed by atoms with E-state index >= 15 is 0 Å². The van der Waals surface area contributed by atoms with E-state index < -0.39 is 0 Å². The second-order valence-corrected chi connectivity index (χ2v) is 7.45. The van der Waals surface area contributed by atoms with Crippen molar-refractivity contribution in [3.63, 3.8) is 0 Å². The molecule has 29 heavy (non-hydrogen) atoms. The maximum Gasteiger partial charge on any atom is 0.146 e. The Morgan fingerprint density at radius 1 is 1.10 bits per heavy atom. The normalized spacial score (nSPS) is 15.2. The molecular weight excluding hydrogens is 364 g/mol. The minimum absolute atomic E-state index is 0.412. The molecule has 6 heteroatoms. The average molecular weight is 388 g/mol. The van der Waals surface area contributed by atoms with Gasteiger partial charge >= 0.3 is 0 Å². The van der Waals surface area contributed by atoms with Gasteiger partial charge in [-0.1, -0.05) is 18.2 Å². The van der Waals surface area contributed by atoms with Crippen LogP contribution in [0.4, 0.5) is 0 Å². The van der Waals surface area contributed by atoms with Crippen LogP contribution in [0.1, 0.15) is 16.8 Å². The Morgan fingerprint density at radius 3 is 2.86 bits per heavy atom. The number of aromatic nitrogens is 3. The predicted molar refractivity (Wildman–Crippen MR) is 112 cm³/mol. The minimum atomic E-state index is 0.412. The number of ether oxygens (including phenoxy) is 2. The largest absolute Gasteiger partial charge is 0.485 e. The second kappa shape index (κ2) is 7.81. The molecule has 1 aromatic carbocycles. The van der Waals surface area contributed by atoms with Crippen molar-refractivity contribution in [2.24, 2.45) is 0 Å². The summed E-state index contributed by atoms with van der Waals surface area (Å²) in [6, 6.07) is 12.4. The van der Waals surface area contributed by atoms with Gasteiger partial charge in [0, 0.05) is 43.6 Å². The van der Waals surface area contributed by atoms with Gasteiger partial charge in [-0.05, 0) is 36.2 Å². The number of pyridine rings is 2. The van der Waals surface area contributed by atoms with Crippen LogP contribution in [0.25, 0.3) is 16.6 Å². The summed E-state index contributed by atoms with van der Waals surface area (Å²) in [6.07, 6.45) is 5.85. The molecule has 0 unspecified atom stereocenters. The van der Waals surface area contributed by atoms with Gasteiger partial charge in [0.05, 0.1) is 18.9 Å². The fourth-order valence-electron chi connectivity index (χ4n) is 3.89. The SMILES string of the molecule is Cc1cccn2cc(COc3ccc(CN4CCOCC4)c4cccnc34)nc12. The van der Waals surface area contributed by atoms with Gasteiger partial charge < -0.3 is 13.9 Å². The van der Waals surface area contributed by atoms with E-state index in [-0.39, 0.29) is 0 Å². The van der Waals surface area contributed by atoms with Gasteiger partial charge in [0.1, 0.15) is 23.5 Å². The van der Waals surface area contributed by atoms with Crippen LogP contribution >= 0.6 is 0 Å². The summed E-state index contributed by atoms with van der Waals surface area (Å²) in [7, 11) is 0. The Kier molecular flexibility index (Phi) is 4.87. The molecule has 4 aromatic rings. The van der Waals surface area contributed by atoms with Crippen LogP contribution < -0.4 is 4.74 Å². The molecule has 0 bridgehead atoms. The molecule has 1 aliphatic rings. The van der Waals surface area contributed by atoms with Crippen LogP contribution in [0.15, 0.2) is 55.0 Å². The van der Waals surface area contributed by atoms with Gasteiger partial charge in [0.25, 0.3) is 0 Å². The summed E-state index contributed by atoms with van der Waals surface area (Å²) in [4.78, 5) is 11.7. The van der Waals surface area contributed by atoms with Gasteiger partial charge in [-0.3, -0.25) is 9.88 Å². The summed E-state index contributed by atoms with van der Waals surface area (Å²) in [5.41, 5.74) is 5.19. The van der Waals surface area contributed by atoms with E-state index in [0.29, 0.717) is 6.61 Å². The first-order valence-corrected chi connectivity index (χ1v) is 10.0. The lowest BCUT2D eigenvalue weighted by atomic mass is 10.1. The molecule has 1 aliphatic heterocycles. The number of fused-ring (bicyclic) bond motifs is 2. The molecule has 0 radical (unpaired) electrons. The molecule has 0 atom stereocenters. The van der Waals surface area contributed by atoms with Crippen molar-refractivity contribution in [3.8, 4) is 5.75 Å². The Balaban J connectivity index is 1.39. The van der Waals surface area contributed by atoms with E-state index in [1.165, 1.54) is 5.56 Å². The molecule has 4 heterocycles. The summed E-state index contributed by atoms with van der Waals surface area (Å²) in [5.74, 6) is 0.792. The van der Waals surface area contributed by atoms with E-state index in [1.807, 2.05) is 41.2 Å². The number of benzene rings is 1. The standard InChI is InChI=1S/C23H24N4O2/c1-17-4-3-9-27-15-19(25-23(17)27)16-29-21-7-6-18(14-26-10-12-28-13-11-26)20-5-2-8-24-22(20)21/h2-9,15H,10-14,16H2,1H3. The molecule has 6 nitrogen and oxygen atoms in total. The summed E-state index contributed by atoms with van der Waals surface area (Å²) >= 11 is 0. The molecule has 0 saturated carbocycles. The van der Waals surface area contributed by atoms with Crippen LogP contribution in [-0.2, 0) is 17.9 Å². The molecule has 5 rings (SSSR count). The van der Waals surface area contributed by atoms with Crippen molar-refractivity contribution in [1.29, 1.82) is 0 Å². The average Bonchev–Trinajstić information content (AvgIpc) is 3.18. The van der Waals surface area contributed by atoms with Gasteiger partial charge in [-0.25, -0.2) is 4.98 Å². The molecule has 0 spiro atoms. The van der Waals surface area contributed by atoms with Crippen molar-refractivity contribution < 1.29 is 9.47 Å². The molecule has 1 fully saturated rings. The quantitative estimate of drug-likeness (QED) is 0.523. The summed E-state index contributed by atoms with van der Waals surface area (Å²) in [6.45, 7) is 6.91. The van der Waals surface area contributed by atoms with Crippen molar-refractivity contribution in [1.82, 2.24) is 19.3 Å². The first-order valence-electron chi connectivity index (χ1n) is 10.0. The number of aryl methyl sites for hydroxylation is 1. The van der Waals surface area contributed by atoms with Gasteiger partial charge in [0.15, 0.2) is 0 Å². The number of morpholine rings is 1. The number of hydrogen-bond acceptors (Lipinski definition) is 5. The van der Waals surface area contributed by atoms with Crippen molar-refractivity contribution >= 4 is 16.6 Å². The Morgan fingerprint density at radius 2 is 2.00 bits per heavy atom. The maximum atomic E-state index is 6.15. The zero-order chi connectivity index (χ0) is 19.6. The zero-order valence-electron chi connectivity index (χ0n) is 16.5. The maximum absolute atomic E-state index is 6.15. The van der Waals surface area contributed by atoms with Crippen LogP contribution in [0, 0.1) is 6.92 Å². The highest BCUT2D eigenvalue weighted by Crippen LogP contribution is 2.28. The lowest BCUT2D eigenvalue weighted by Crippen LogP contribution is -2.35. The van der Waals surface area contributed by atoms with E-state index in [1.54, 1.807) is 0 Å². The third kappa shape index (κ3) is 3.69. The van der Waals surface area contributed by atoms with E-state index in [2.05, 4.69) is 35.0 Å².